The maximum atomic E-state index is 3.49. The number of rotatable bonds is 10. The van der Waals surface area contributed by atoms with Crippen LogP contribution in [0.25, 0.3) is 0 Å². The monoisotopic (exact) mass is 320 g/mol. The van der Waals surface area contributed by atoms with Crippen LogP contribution in [0, 0.1) is 0 Å². The standard InChI is InChI=1S/C15H29BrS/c16-13-9-4-2-1-3-5-10-14-17-15-11-7-6-8-12-15/h15H,1-14H2. The first-order valence-corrected chi connectivity index (χ1v) is 9.78. The molecule has 1 aliphatic carbocycles. The van der Waals surface area contributed by atoms with Gasteiger partial charge in [-0.1, -0.05) is 67.3 Å². The number of hydrogen-bond donors (Lipinski definition) is 0. The SMILES string of the molecule is BrCCCCCCCCCSC1CCCCC1. The summed E-state index contributed by atoms with van der Waals surface area (Å²) >= 11 is 5.75. The van der Waals surface area contributed by atoms with E-state index in [1.54, 1.807) is 0 Å². The van der Waals surface area contributed by atoms with E-state index < -0.39 is 0 Å². The second-order valence-electron chi connectivity index (χ2n) is 5.29. The van der Waals surface area contributed by atoms with E-state index in [4.69, 9.17) is 0 Å². The van der Waals surface area contributed by atoms with Gasteiger partial charge < -0.3 is 0 Å². The Kier molecular flexibility index (Phi) is 11.1. The fourth-order valence-corrected chi connectivity index (χ4v) is 4.33. The average Bonchev–Trinajstić information content (AvgIpc) is 2.38. The summed E-state index contributed by atoms with van der Waals surface area (Å²) in [5.74, 6) is 1.42. The van der Waals surface area contributed by atoms with Crippen molar-refractivity contribution in [1.82, 2.24) is 0 Å². The van der Waals surface area contributed by atoms with Gasteiger partial charge in [-0.25, -0.2) is 0 Å². The van der Waals surface area contributed by atoms with E-state index in [1.165, 1.54) is 88.1 Å². The number of halogens is 1. The third kappa shape index (κ3) is 9.41. The van der Waals surface area contributed by atoms with Gasteiger partial charge in [0.2, 0.25) is 0 Å². The lowest BCUT2D eigenvalue weighted by molar-refractivity contribution is 0.515. The highest BCUT2D eigenvalue weighted by Gasteiger charge is 2.12. The van der Waals surface area contributed by atoms with Crippen molar-refractivity contribution in [2.75, 3.05) is 11.1 Å². The Balaban J connectivity index is 1.75. The van der Waals surface area contributed by atoms with Crippen molar-refractivity contribution in [3.8, 4) is 0 Å². The number of hydrogen-bond acceptors (Lipinski definition) is 1. The van der Waals surface area contributed by atoms with Gasteiger partial charge in [0, 0.05) is 10.6 Å². The van der Waals surface area contributed by atoms with Gasteiger partial charge in [0.1, 0.15) is 0 Å². The van der Waals surface area contributed by atoms with Crippen LogP contribution in [-0.4, -0.2) is 16.3 Å². The van der Waals surface area contributed by atoms with Crippen molar-refractivity contribution < 1.29 is 0 Å². The van der Waals surface area contributed by atoms with Crippen LogP contribution in [0.1, 0.15) is 77.0 Å². The smallest absolute Gasteiger partial charge is 0.00470 e. The summed E-state index contributed by atoms with van der Waals surface area (Å²) in [6, 6.07) is 0. The maximum absolute atomic E-state index is 3.49. The topological polar surface area (TPSA) is 0 Å². The summed E-state index contributed by atoms with van der Waals surface area (Å²) in [5.41, 5.74) is 0. The van der Waals surface area contributed by atoms with Gasteiger partial charge in [-0.15, -0.1) is 0 Å². The van der Waals surface area contributed by atoms with Crippen LogP contribution in [0.3, 0.4) is 0 Å². The molecule has 0 heterocycles. The molecular formula is C15H29BrS. The molecule has 0 amide bonds. The first-order chi connectivity index (χ1) is 8.43. The molecule has 17 heavy (non-hydrogen) atoms. The van der Waals surface area contributed by atoms with Gasteiger partial charge in [0.15, 0.2) is 0 Å². The summed E-state index contributed by atoms with van der Waals surface area (Å²) in [6.45, 7) is 0. The Labute approximate surface area is 121 Å². The fourth-order valence-electron chi connectivity index (χ4n) is 2.56. The second-order valence-corrected chi connectivity index (χ2v) is 7.50. The van der Waals surface area contributed by atoms with Crippen molar-refractivity contribution >= 4 is 27.7 Å². The summed E-state index contributed by atoms with van der Waals surface area (Å²) < 4.78 is 0. The Hall–Kier alpha value is 0.830. The predicted octanol–water partition coefficient (Wildman–Crippen LogP) is 6.18. The van der Waals surface area contributed by atoms with Crippen LogP contribution in [0.2, 0.25) is 0 Å². The molecule has 0 spiro atoms. The minimum atomic E-state index is 1.02. The van der Waals surface area contributed by atoms with Crippen molar-refractivity contribution in [2.24, 2.45) is 0 Å². The summed E-state index contributed by atoms with van der Waals surface area (Å²) in [5, 5.41) is 2.20. The van der Waals surface area contributed by atoms with Gasteiger partial charge in [-0.3, -0.25) is 0 Å². The average molecular weight is 321 g/mol. The van der Waals surface area contributed by atoms with E-state index in [2.05, 4.69) is 27.7 Å². The Bertz CT molecular complexity index is 155. The Morgan fingerprint density at radius 1 is 0.765 bits per heavy atom. The number of alkyl halides is 1. The fraction of sp³-hybridized carbons (Fsp3) is 1.00. The van der Waals surface area contributed by atoms with Gasteiger partial charge in [0.05, 0.1) is 0 Å². The zero-order valence-corrected chi connectivity index (χ0v) is 13.7. The molecule has 2 heteroatoms. The molecule has 0 atom stereocenters. The van der Waals surface area contributed by atoms with Crippen LogP contribution in [0.5, 0.6) is 0 Å². The highest BCUT2D eigenvalue weighted by molar-refractivity contribution is 9.09. The molecule has 1 aliphatic rings. The molecule has 0 nitrogen and oxygen atoms in total. The van der Waals surface area contributed by atoms with E-state index >= 15 is 0 Å². The lowest BCUT2D eigenvalue weighted by atomic mass is 10.0. The Morgan fingerprint density at radius 2 is 1.35 bits per heavy atom. The molecule has 0 aromatic heterocycles. The molecule has 1 rings (SSSR count). The van der Waals surface area contributed by atoms with Gasteiger partial charge in [0.25, 0.3) is 0 Å². The molecule has 0 bridgehead atoms. The normalized spacial score (nSPS) is 17.5. The van der Waals surface area contributed by atoms with Crippen LogP contribution >= 0.6 is 27.7 Å². The van der Waals surface area contributed by atoms with Crippen LogP contribution in [0.4, 0.5) is 0 Å². The van der Waals surface area contributed by atoms with Crippen LogP contribution in [-0.2, 0) is 0 Å². The third-order valence-electron chi connectivity index (χ3n) is 3.68. The van der Waals surface area contributed by atoms with Crippen LogP contribution < -0.4 is 0 Å². The Morgan fingerprint density at radius 3 is 2.00 bits per heavy atom. The number of thioether (sulfide) groups is 1. The van der Waals surface area contributed by atoms with E-state index in [0.29, 0.717) is 0 Å². The predicted molar refractivity (Wildman–Crippen MR) is 85.4 cm³/mol. The van der Waals surface area contributed by atoms with Crippen molar-refractivity contribution in [1.29, 1.82) is 0 Å². The molecule has 0 aliphatic heterocycles. The van der Waals surface area contributed by atoms with E-state index in [0.717, 1.165) is 5.25 Å². The molecule has 0 aromatic rings. The molecule has 0 saturated heterocycles. The molecule has 0 radical (unpaired) electrons. The summed E-state index contributed by atoms with van der Waals surface area (Å²) in [6.07, 6.45) is 17.5. The minimum absolute atomic E-state index is 1.02. The second kappa shape index (κ2) is 11.9. The lowest BCUT2D eigenvalue weighted by Crippen LogP contribution is -2.08. The third-order valence-corrected chi connectivity index (χ3v) is 5.71. The summed E-state index contributed by atoms with van der Waals surface area (Å²) in [7, 11) is 0. The van der Waals surface area contributed by atoms with E-state index in [9.17, 15) is 0 Å². The summed E-state index contributed by atoms with van der Waals surface area (Å²) in [4.78, 5) is 0. The molecule has 1 fully saturated rings. The van der Waals surface area contributed by atoms with Crippen LogP contribution in [0.15, 0.2) is 0 Å². The van der Waals surface area contributed by atoms with Gasteiger partial charge in [-0.2, -0.15) is 11.8 Å². The van der Waals surface area contributed by atoms with Crippen molar-refractivity contribution in [3.05, 3.63) is 0 Å². The molecule has 0 N–H and O–H groups in total. The van der Waals surface area contributed by atoms with Crippen molar-refractivity contribution in [2.45, 2.75) is 82.3 Å². The molecule has 0 unspecified atom stereocenters. The first kappa shape index (κ1) is 15.9. The van der Waals surface area contributed by atoms with E-state index in [1.807, 2.05) is 0 Å². The molecule has 102 valence electrons. The van der Waals surface area contributed by atoms with Crippen molar-refractivity contribution in [3.63, 3.8) is 0 Å². The molecular weight excluding hydrogens is 292 g/mol. The zero-order valence-electron chi connectivity index (χ0n) is 11.3. The lowest BCUT2D eigenvalue weighted by Gasteiger charge is -2.20. The van der Waals surface area contributed by atoms with Gasteiger partial charge in [-0.05, 0) is 31.4 Å². The highest BCUT2D eigenvalue weighted by atomic mass is 79.9. The molecule has 1 saturated carbocycles. The first-order valence-electron chi connectivity index (χ1n) is 7.61. The maximum Gasteiger partial charge on any atom is 0.00470 e. The zero-order chi connectivity index (χ0) is 12.2. The largest absolute Gasteiger partial charge is 0.159 e. The number of unbranched alkanes of at least 4 members (excludes halogenated alkanes) is 6. The molecule has 0 aromatic carbocycles. The quantitative estimate of drug-likeness (QED) is 0.342. The van der Waals surface area contributed by atoms with E-state index in [-0.39, 0.29) is 0 Å². The van der Waals surface area contributed by atoms with Gasteiger partial charge >= 0.3 is 0 Å². The minimum Gasteiger partial charge on any atom is -0.159 e. The highest BCUT2D eigenvalue weighted by Crippen LogP contribution is 2.28.